The second-order valence-corrected chi connectivity index (χ2v) is 11.2. The van der Waals surface area contributed by atoms with Crippen LogP contribution in [0.15, 0.2) is 0 Å². The normalized spacial score (nSPS) is 11.5. The molecule has 0 fully saturated rings. The quantitative estimate of drug-likeness (QED) is 0.0666. The summed E-state index contributed by atoms with van der Waals surface area (Å²) in [5, 5.41) is 20.0. The van der Waals surface area contributed by atoms with Gasteiger partial charge in [0.1, 0.15) is 0 Å². The molecule has 0 aromatic heterocycles. The number of nitrogens with zero attached hydrogens (tertiary/aromatic N) is 2. The minimum absolute atomic E-state index is 0.0796. The van der Waals surface area contributed by atoms with E-state index in [0.717, 1.165) is 90.4 Å². The van der Waals surface area contributed by atoms with Gasteiger partial charge in [0.05, 0.1) is 6.61 Å². The fraction of sp³-hybridized carbons (Fsp3) is 0.938. The highest BCUT2D eigenvalue weighted by Crippen LogP contribution is 2.12. The zero-order chi connectivity index (χ0) is 28.8. The highest BCUT2D eigenvalue weighted by Gasteiger charge is 2.12. The zero-order valence-corrected chi connectivity index (χ0v) is 25.8. The minimum Gasteiger partial charge on any atom is -0.481 e. The van der Waals surface area contributed by atoms with Crippen LogP contribution in [0.1, 0.15) is 155 Å². The van der Waals surface area contributed by atoms with Gasteiger partial charge in [-0.1, -0.05) is 104 Å². The van der Waals surface area contributed by atoms with Crippen molar-refractivity contribution in [2.45, 2.75) is 155 Å². The van der Waals surface area contributed by atoms with E-state index in [1.807, 2.05) is 5.06 Å². The van der Waals surface area contributed by atoms with Gasteiger partial charge < -0.3 is 20.0 Å². The number of carboxylic acids is 1. The Labute approximate surface area is 241 Å². The molecule has 0 bridgehead atoms. The van der Waals surface area contributed by atoms with E-state index < -0.39 is 5.97 Å². The van der Waals surface area contributed by atoms with E-state index in [2.05, 4.69) is 18.7 Å². The molecule has 0 aromatic rings. The third kappa shape index (κ3) is 28.2. The van der Waals surface area contributed by atoms with Gasteiger partial charge in [-0.3, -0.25) is 9.59 Å². The van der Waals surface area contributed by atoms with Crippen LogP contribution >= 0.6 is 0 Å². The summed E-state index contributed by atoms with van der Waals surface area (Å²) < 4.78 is 0. The number of aliphatic carboxylic acids is 1. The molecule has 0 atom stereocenters. The van der Waals surface area contributed by atoms with Crippen LogP contribution in [-0.4, -0.2) is 71.4 Å². The molecule has 232 valence electrons. The van der Waals surface area contributed by atoms with Gasteiger partial charge in [0.15, 0.2) is 0 Å². The number of carboxylic acid groups (broad SMARTS) is 1. The Kier molecular flexibility index (Phi) is 28.9. The van der Waals surface area contributed by atoms with Gasteiger partial charge in [-0.25, -0.2) is 0 Å². The van der Waals surface area contributed by atoms with Gasteiger partial charge in [0, 0.05) is 32.5 Å². The van der Waals surface area contributed by atoms with Crippen LogP contribution in [0.5, 0.6) is 0 Å². The Hall–Kier alpha value is -1.18. The highest BCUT2D eigenvalue weighted by atomic mass is 16.7. The Morgan fingerprint density at radius 1 is 0.538 bits per heavy atom. The molecule has 0 radical (unpaired) electrons. The molecule has 0 aromatic carbocycles. The summed E-state index contributed by atoms with van der Waals surface area (Å²) in [6.07, 6.45) is 23.5. The van der Waals surface area contributed by atoms with Crippen molar-refractivity contribution in [3.63, 3.8) is 0 Å². The molecule has 0 saturated heterocycles. The fourth-order valence-corrected chi connectivity index (χ4v) is 4.93. The van der Waals surface area contributed by atoms with Gasteiger partial charge in [-0.05, 0) is 51.6 Å². The maximum Gasteiger partial charge on any atom is 0.325 e. The van der Waals surface area contributed by atoms with Crippen LogP contribution in [0.3, 0.4) is 0 Å². The number of hydrogen-bond donors (Lipinski definition) is 2. The van der Waals surface area contributed by atoms with E-state index in [4.69, 9.17) is 9.94 Å². The third-order valence-corrected chi connectivity index (χ3v) is 7.39. The van der Waals surface area contributed by atoms with Crippen molar-refractivity contribution >= 4 is 11.9 Å². The second-order valence-electron chi connectivity index (χ2n) is 11.2. The predicted molar refractivity (Wildman–Crippen MR) is 162 cm³/mol. The fourth-order valence-electron chi connectivity index (χ4n) is 4.93. The van der Waals surface area contributed by atoms with Crippen LogP contribution in [0.25, 0.3) is 0 Å². The van der Waals surface area contributed by atoms with Gasteiger partial charge in [-0.15, -0.1) is 5.06 Å². The lowest BCUT2D eigenvalue weighted by Crippen LogP contribution is -2.29. The molecule has 0 spiro atoms. The maximum atomic E-state index is 12.5. The molecule has 7 heteroatoms. The zero-order valence-electron chi connectivity index (χ0n) is 25.8. The molecular formula is C32H64N2O5. The van der Waals surface area contributed by atoms with Crippen LogP contribution < -0.4 is 0 Å². The van der Waals surface area contributed by atoms with E-state index in [-0.39, 0.29) is 19.0 Å². The predicted octanol–water partition coefficient (Wildman–Crippen LogP) is 7.75. The summed E-state index contributed by atoms with van der Waals surface area (Å²) >= 11 is 0. The van der Waals surface area contributed by atoms with Crippen molar-refractivity contribution in [1.82, 2.24) is 9.96 Å². The Bertz CT molecular complexity index is 531. The largest absolute Gasteiger partial charge is 0.481 e. The highest BCUT2D eigenvalue weighted by molar-refractivity contribution is 5.68. The Morgan fingerprint density at radius 2 is 0.949 bits per heavy atom. The summed E-state index contributed by atoms with van der Waals surface area (Å²) in [6, 6.07) is 0. The molecule has 0 saturated carbocycles. The second kappa shape index (κ2) is 29.8. The van der Waals surface area contributed by atoms with Crippen LogP contribution in [0.4, 0.5) is 0 Å². The van der Waals surface area contributed by atoms with Crippen molar-refractivity contribution in [3.8, 4) is 0 Å². The number of rotatable bonds is 31. The molecule has 0 amide bonds. The van der Waals surface area contributed by atoms with E-state index in [9.17, 15) is 14.7 Å². The molecule has 39 heavy (non-hydrogen) atoms. The van der Waals surface area contributed by atoms with E-state index in [1.54, 1.807) is 0 Å². The lowest BCUT2D eigenvalue weighted by molar-refractivity contribution is -0.191. The molecule has 0 aliphatic rings. The summed E-state index contributed by atoms with van der Waals surface area (Å²) in [5.41, 5.74) is 0. The van der Waals surface area contributed by atoms with E-state index >= 15 is 0 Å². The first kappa shape index (κ1) is 37.8. The molecule has 0 aliphatic heterocycles. The number of carbonyl (C=O) groups is 2. The summed E-state index contributed by atoms with van der Waals surface area (Å²) in [6.45, 7) is 8.92. The molecule has 0 heterocycles. The standard InChI is InChI=1S/C32H64N2O5/c1-3-5-7-9-14-21-27-34(28-22-15-10-8-6-4-2)39-32(38)24-18-12-11-13-19-25-33(29-30-35)26-20-16-17-23-31(36)37/h35H,3-30H2,1-2H3,(H,36,37). The summed E-state index contributed by atoms with van der Waals surface area (Å²) in [5.74, 6) is -0.807. The first-order valence-corrected chi connectivity index (χ1v) is 16.5. The summed E-state index contributed by atoms with van der Waals surface area (Å²) in [7, 11) is 0. The average molecular weight is 557 g/mol. The number of hydroxylamine groups is 2. The van der Waals surface area contributed by atoms with E-state index in [0.29, 0.717) is 13.0 Å². The van der Waals surface area contributed by atoms with Gasteiger partial charge in [0.25, 0.3) is 0 Å². The molecule has 7 nitrogen and oxygen atoms in total. The molecule has 0 unspecified atom stereocenters. The topological polar surface area (TPSA) is 90.3 Å². The first-order valence-electron chi connectivity index (χ1n) is 16.5. The molecule has 0 rings (SSSR count). The van der Waals surface area contributed by atoms with Gasteiger partial charge in [-0.2, -0.15) is 0 Å². The number of unbranched alkanes of at least 4 members (excludes halogenated alkanes) is 16. The Balaban J connectivity index is 4.06. The van der Waals surface area contributed by atoms with Crippen molar-refractivity contribution < 1.29 is 24.6 Å². The third-order valence-electron chi connectivity index (χ3n) is 7.39. The number of aliphatic hydroxyl groups is 1. The van der Waals surface area contributed by atoms with Gasteiger partial charge >= 0.3 is 11.9 Å². The smallest absolute Gasteiger partial charge is 0.325 e. The minimum atomic E-state index is -0.728. The number of aliphatic hydroxyl groups excluding tert-OH is 1. The van der Waals surface area contributed by atoms with Crippen molar-refractivity contribution in [2.24, 2.45) is 0 Å². The molecular weight excluding hydrogens is 492 g/mol. The van der Waals surface area contributed by atoms with Crippen molar-refractivity contribution in [2.75, 3.05) is 39.3 Å². The van der Waals surface area contributed by atoms with Crippen LogP contribution in [0.2, 0.25) is 0 Å². The van der Waals surface area contributed by atoms with Crippen LogP contribution in [-0.2, 0) is 14.4 Å². The number of carbonyl (C=O) groups excluding carboxylic acids is 1. The summed E-state index contributed by atoms with van der Waals surface area (Å²) in [4.78, 5) is 31.2. The monoisotopic (exact) mass is 556 g/mol. The lowest BCUT2D eigenvalue weighted by atomic mass is 10.1. The number of hydrogen-bond acceptors (Lipinski definition) is 6. The van der Waals surface area contributed by atoms with Gasteiger partial charge in [0.2, 0.25) is 0 Å². The average Bonchev–Trinajstić information content (AvgIpc) is 2.91. The maximum absolute atomic E-state index is 12.5. The molecule has 2 N–H and O–H groups in total. The van der Waals surface area contributed by atoms with Crippen LogP contribution in [0, 0.1) is 0 Å². The molecule has 0 aliphatic carbocycles. The Morgan fingerprint density at radius 3 is 1.44 bits per heavy atom. The lowest BCUT2D eigenvalue weighted by Gasteiger charge is -2.21. The SMILES string of the molecule is CCCCCCCCN(CCCCCCCC)OC(=O)CCCCCCCN(CCO)CCCCCC(=O)O. The van der Waals surface area contributed by atoms with Crippen molar-refractivity contribution in [3.05, 3.63) is 0 Å². The van der Waals surface area contributed by atoms with Crippen molar-refractivity contribution in [1.29, 1.82) is 0 Å². The first-order chi connectivity index (χ1) is 19.0. The van der Waals surface area contributed by atoms with E-state index in [1.165, 1.54) is 64.2 Å².